The lowest BCUT2D eigenvalue weighted by Gasteiger charge is -2.16. The van der Waals surface area contributed by atoms with Gasteiger partial charge in [0.05, 0.1) is 11.4 Å². The summed E-state index contributed by atoms with van der Waals surface area (Å²) in [5, 5.41) is 11.9. The van der Waals surface area contributed by atoms with Crippen LogP contribution in [0.4, 0.5) is 5.13 Å². The van der Waals surface area contributed by atoms with Gasteiger partial charge in [0.15, 0.2) is 0 Å². The Labute approximate surface area is 138 Å². The zero-order chi connectivity index (χ0) is 16.4. The van der Waals surface area contributed by atoms with Gasteiger partial charge in [-0.2, -0.15) is 4.31 Å². The van der Waals surface area contributed by atoms with E-state index in [2.05, 4.69) is 15.5 Å². The predicted molar refractivity (Wildman–Crippen MR) is 86.8 cm³/mol. The van der Waals surface area contributed by atoms with Crippen molar-refractivity contribution in [3.05, 3.63) is 35.3 Å². The Morgan fingerprint density at radius 2 is 2.00 bits per heavy atom. The Bertz CT molecular complexity index is 800. The summed E-state index contributed by atoms with van der Waals surface area (Å²) >= 11 is 1.34. The Kier molecular flexibility index (Phi) is 4.42. The molecular formula is C14H16N4O3S2. The van der Waals surface area contributed by atoms with Crippen molar-refractivity contribution >= 4 is 32.4 Å². The first kappa shape index (κ1) is 16.0. The van der Waals surface area contributed by atoms with Crippen molar-refractivity contribution in [2.24, 2.45) is 0 Å². The smallest absolute Gasteiger partial charge is 0.243 e. The van der Waals surface area contributed by atoms with E-state index >= 15 is 0 Å². The Hall–Kier alpha value is -1.84. The van der Waals surface area contributed by atoms with Gasteiger partial charge in [-0.3, -0.25) is 10.1 Å². The van der Waals surface area contributed by atoms with Crippen LogP contribution < -0.4 is 5.32 Å². The second-order valence-electron chi connectivity index (χ2n) is 5.34. The van der Waals surface area contributed by atoms with E-state index in [1.165, 1.54) is 30.5 Å². The third-order valence-electron chi connectivity index (χ3n) is 3.43. The molecule has 0 unspecified atom stereocenters. The van der Waals surface area contributed by atoms with E-state index in [1.807, 2.05) is 0 Å². The molecule has 1 amide bonds. The first-order valence-corrected chi connectivity index (χ1v) is 9.37. The Morgan fingerprint density at radius 3 is 2.65 bits per heavy atom. The van der Waals surface area contributed by atoms with E-state index in [4.69, 9.17) is 0 Å². The highest BCUT2D eigenvalue weighted by Gasteiger charge is 2.28. The Morgan fingerprint density at radius 1 is 1.30 bits per heavy atom. The highest BCUT2D eigenvalue weighted by atomic mass is 32.2. The van der Waals surface area contributed by atoms with Crippen molar-refractivity contribution in [1.82, 2.24) is 14.5 Å². The highest BCUT2D eigenvalue weighted by molar-refractivity contribution is 7.89. The quantitative estimate of drug-likeness (QED) is 0.854. The number of hydrogen-bond acceptors (Lipinski definition) is 6. The number of amides is 1. The van der Waals surface area contributed by atoms with E-state index in [0.717, 1.165) is 22.2 Å². The van der Waals surface area contributed by atoms with Gasteiger partial charge in [0, 0.05) is 13.0 Å². The molecule has 1 heterocycles. The number of aromatic nitrogens is 2. The van der Waals surface area contributed by atoms with E-state index in [1.54, 1.807) is 18.2 Å². The monoisotopic (exact) mass is 352 g/mol. The molecule has 0 atom stereocenters. The van der Waals surface area contributed by atoms with Crippen LogP contribution in [0.1, 0.15) is 23.8 Å². The van der Waals surface area contributed by atoms with Gasteiger partial charge in [-0.25, -0.2) is 8.42 Å². The predicted octanol–water partition coefficient (Wildman–Crippen LogP) is 1.67. The molecule has 1 aromatic heterocycles. The third-order valence-corrected chi connectivity index (χ3v) is 6.25. The lowest BCUT2D eigenvalue weighted by atomic mass is 10.4. The van der Waals surface area contributed by atoms with E-state index in [9.17, 15) is 13.2 Å². The molecule has 7 nitrogen and oxygen atoms in total. The third kappa shape index (κ3) is 3.74. The Balaban J connectivity index is 1.62. The first-order valence-electron chi connectivity index (χ1n) is 7.11. The second kappa shape index (κ2) is 6.34. The molecule has 1 saturated carbocycles. The van der Waals surface area contributed by atoms with Crippen LogP contribution in [0.5, 0.6) is 0 Å². The average molecular weight is 352 g/mol. The number of rotatable bonds is 6. The number of carbonyl (C=O) groups is 1. The summed E-state index contributed by atoms with van der Waals surface area (Å²) in [5.74, 6) is 0.0322. The maximum Gasteiger partial charge on any atom is 0.243 e. The minimum Gasteiger partial charge on any atom is -0.299 e. The SMILES string of the molecule is CN(CC(=O)Nc1nnc(C2CC2)s1)S(=O)(=O)c1ccccc1. The molecular weight excluding hydrogens is 336 g/mol. The van der Waals surface area contributed by atoms with Crippen LogP contribution >= 0.6 is 11.3 Å². The summed E-state index contributed by atoms with van der Waals surface area (Å²) in [4.78, 5) is 12.2. The zero-order valence-electron chi connectivity index (χ0n) is 12.5. The van der Waals surface area contributed by atoms with Crippen molar-refractivity contribution in [3.8, 4) is 0 Å². The van der Waals surface area contributed by atoms with Crippen LogP contribution in [0.25, 0.3) is 0 Å². The van der Waals surface area contributed by atoms with Crippen LogP contribution in [-0.2, 0) is 14.8 Å². The van der Waals surface area contributed by atoms with Crippen molar-refractivity contribution in [2.75, 3.05) is 18.9 Å². The molecule has 2 aromatic rings. The molecule has 23 heavy (non-hydrogen) atoms. The van der Waals surface area contributed by atoms with Crippen molar-refractivity contribution in [1.29, 1.82) is 0 Å². The van der Waals surface area contributed by atoms with E-state index < -0.39 is 15.9 Å². The molecule has 3 rings (SSSR count). The number of carbonyl (C=O) groups excluding carboxylic acids is 1. The van der Waals surface area contributed by atoms with Gasteiger partial charge < -0.3 is 0 Å². The standard InChI is InChI=1S/C14H16N4O3S2/c1-18(23(20,21)11-5-3-2-4-6-11)9-12(19)15-14-17-16-13(22-14)10-7-8-10/h2-6,10H,7-9H2,1H3,(H,15,17,19). The molecule has 0 saturated heterocycles. The lowest BCUT2D eigenvalue weighted by molar-refractivity contribution is -0.116. The summed E-state index contributed by atoms with van der Waals surface area (Å²) < 4.78 is 25.7. The van der Waals surface area contributed by atoms with Gasteiger partial charge in [0.25, 0.3) is 0 Å². The summed E-state index contributed by atoms with van der Waals surface area (Å²) in [5.41, 5.74) is 0. The molecule has 0 aliphatic heterocycles. The van der Waals surface area contributed by atoms with Crippen LogP contribution in [0.15, 0.2) is 35.2 Å². The molecule has 1 N–H and O–H groups in total. The fraction of sp³-hybridized carbons (Fsp3) is 0.357. The molecule has 1 aliphatic rings. The van der Waals surface area contributed by atoms with Crippen LogP contribution in [0, 0.1) is 0 Å². The second-order valence-corrected chi connectivity index (χ2v) is 8.40. The normalized spacial score (nSPS) is 14.9. The van der Waals surface area contributed by atoms with E-state index in [0.29, 0.717) is 11.0 Å². The van der Waals surface area contributed by atoms with Crippen LogP contribution in [0.3, 0.4) is 0 Å². The summed E-state index contributed by atoms with van der Waals surface area (Å²) in [7, 11) is -2.31. The lowest BCUT2D eigenvalue weighted by Crippen LogP contribution is -2.34. The number of likely N-dealkylation sites (N-methyl/N-ethyl adjacent to an activating group) is 1. The minimum absolute atomic E-state index is 0.155. The van der Waals surface area contributed by atoms with Gasteiger partial charge in [-0.15, -0.1) is 10.2 Å². The van der Waals surface area contributed by atoms with Crippen LogP contribution in [-0.4, -0.2) is 42.4 Å². The molecule has 0 radical (unpaired) electrons. The maximum absolute atomic E-state index is 12.3. The van der Waals surface area contributed by atoms with Gasteiger partial charge in [0.2, 0.25) is 21.1 Å². The van der Waals surface area contributed by atoms with Gasteiger partial charge >= 0.3 is 0 Å². The van der Waals surface area contributed by atoms with Crippen molar-refractivity contribution in [3.63, 3.8) is 0 Å². The summed E-state index contributed by atoms with van der Waals surface area (Å²) in [6.07, 6.45) is 2.22. The fourth-order valence-corrected chi connectivity index (χ4v) is 4.08. The highest BCUT2D eigenvalue weighted by Crippen LogP contribution is 2.42. The molecule has 0 bridgehead atoms. The average Bonchev–Trinajstić information content (AvgIpc) is 3.28. The number of sulfonamides is 1. The van der Waals surface area contributed by atoms with Gasteiger partial charge in [-0.1, -0.05) is 29.5 Å². The van der Waals surface area contributed by atoms with Gasteiger partial charge in [0.1, 0.15) is 5.01 Å². The summed E-state index contributed by atoms with van der Waals surface area (Å²) in [6.45, 7) is -0.282. The summed E-state index contributed by atoms with van der Waals surface area (Å²) in [6, 6.07) is 8.01. The molecule has 122 valence electrons. The van der Waals surface area contributed by atoms with Crippen molar-refractivity contribution in [2.45, 2.75) is 23.7 Å². The molecule has 1 fully saturated rings. The van der Waals surface area contributed by atoms with Crippen LogP contribution in [0.2, 0.25) is 0 Å². The van der Waals surface area contributed by atoms with Gasteiger partial charge in [-0.05, 0) is 25.0 Å². The fourth-order valence-electron chi connectivity index (χ4n) is 2.00. The largest absolute Gasteiger partial charge is 0.299 e. The number of benzene rings is 1. The number of anilines is 1. The number of hydrogen-bond donors (Lipinski definition) is 1. The molecule has 0 spiro atoms. The maximum atomic E-state index is 12.3. The molecule has 1 aliphatic carbocycles. The van der Waals surface area contributed by atoms with Crippen molar-refractivity contribution < 1.29 is 13.2 Å². The minimum atomic E-state index is -3.68. The topological polar surface area (TPSA) is 92.3 Å². The van der Waals surface area contributed by atoms with E-state index in [-0.39, 0.29) is 11.4 Å². The molecule has 9 heteroatoms. The number of nitrogens with zero attached hydrogens (tertiary/aromatic N) is 3. The number of nitrogens with one attached hydrogen (secondary N) is 1. The first-order chi connectivity index (χ1) is 11.0. The zero-order valence-corrected chi connectivity index (χ0v) is 14.1. The molecule has 1 aromatic carbocycles.